The van der Waals surface area contributed by atoms with Crippen molar-refractivity contribution in [3.05, 3.63) is 12.7 Å². The number of ether oxygens (including phenoxy) is 5. The third-order valence-corrected chi connectivity index (χ3v) is 10.6. The van der Waals surface area contributed by atoms with Crippen molar-refractivity contribution in [2.24, 2.45) is 10.8 Å². The van der Waals surface area contributed by atoms with Crippen LogP contribution in [0.5, 0.6) is 0 Å². The van der Waals surface area contributed by atoms with Crippen molar-refractivity contribution in [3.8, 4) is 0 Å². The highest BCUT2D eigenvalue weighted by Gasteiger charge is 2.69. The Morgan fingerprint density at radius 1 is 0.737 bits per heavy atom. The average molecular weight is 541 g/mol. The molecule has 5 nitrogen and oxygen atoms in total. The maximum atomic E-state index is 6.91. The van der Waals surface area contributed by atoms with Gasteiger partial charge >= 0.3 is 0 Å². The van der Waals surface area contributed by atoms with Crippen LogP contribution in [0.15, 0.2) is 12.7 Å². The molecule has 1 fully saturated rings. The highest BCUT2D eigenvalue weighted by atomic mass is 16.5. The lowest BCUT2D eigenvalue weighted by molar-refractivity contribution is -0.232. The summed E-state index contributed by atoms with van der Waals surface area (Å²) < 4.78 is 32.0. The SMILES string of the molecule is C=CC(C)(C)OC1CC(CC)(C(C)(C)OCCC(C)(C)OC)C(CC)(C(C)(C)OCCC(C)(CC)OC)C1. The van der Waals surface area contributed by atoms with Crippen LogP contribution >= 0.6 is 0 Å². The molecule has 38 heavy (non-hydrogen) atoms. The quantitative estimate of drug-likeness (QED) is 0.163. The van der Waals surface area contributed by atoms with Crippen LogP contribution in [-0.2, 0) is 23.7 Å². The number of hydrogen-bond acceptors (Lipinski definition) is 5. The fourth-order valence-electron chi connectivity index (χ4n) is 7.14. The first-order valence-electron chi connectivity index (χ1n) is 15.0. The van der Waals surface area contributed by atoms with Gasteiger partial charge < -0.3 is 23.7 Å². The summed E-state index contributed by atoms with van der Waals surface area (Å²) in [5.41, 5.74) is -1.91. The fourth-order valence-corrected chi connectivity index (χ4v) is 7.14. The Labute approximate surface area is 236 Å². The van der Waals surface area contributed by atoms with E-state index in [-0.39, 0.29) is 28.1 Å². The summed E-state index contributed by atoms with van der Waals surface area (Å²) in [6, 6.07) is 0. The van der Waals surface area contributed by atoms with Crippen LogP contribution in [0.1, 0.15) is 128 Å². The maximum absolute atomic E-state index is 6.91. The van der Waals surface area contributed by atoms with Gasteiger partial charge in [0.1, 0.15) is 0 Å². The Hall–Kier alpha value is -0.460. The first kappa shape index (κ1) is 35.6. The lowest BCUT2D eigenvalue weighted by Crippen LogP contribution is -2.62. The van der Waals surface area contributed by atoms with Crippen molar-refractivity contribution in [1.82, 2.24) is 0 Å². The van der Waals surface area contributed by atoms with Gasteiger partial charge in [-0.1, -0.05) is 26.8 Å². The minimum absolute atomic E-state index is 0.0870. The van der Waals surface area contributed by atoms with Gasteiger partial charge in [0, 0.05) is 25.0 Å². The monoisotopic (exact) mass is 540 g/mol. The highest BCUT2D eigenvalue weighted by molar-refractivity contribution is 5.18. The van der Waals surface area contributed by atoms with E-state index < -0.39 is 16.8 Å². The minimum atomic E-state index is -0.400. The maximum Gasteiger partial charge on any atom is 0.0807 e. The Kier molecular flexibility index (Phi) is 12.2. The molecule has 5 heteroatoms. The zero-order valence-corrected chi connectivity index (χ0v) is 27.8. The molecule has 1 saturated carbocycles. The lowest BCUT2D eigenvalue weighted by Gasteiger charge is -2.60. The van der Waals surface area contributed by atoms with E-state index in [4.69, 9.17) is 23.7 Å². The number of methoxy groups -OCH3 is 2. The third-order valence-electron chi connectivity index (χ3n) is 10.6. The van der Waals surface area contributed by atoms with E-state index in [0.29, 0.717) is 13.2 Å². The molecule has 0 aromatic heterocycles. The van der Waals surface area contributed by atoms with E-state index >= 15 is 0 Å². The Bertz CT molecular complexity index is 736. The molecule has 0 aromatic rings. The van der Waals surface area contributed by atoms with E-state index in [1.54, 1.807) is 14.2 Å². The fraction of sp³-hybridized carbons (Fsp3) is 0.939. The Balaban J connectivity index is 3.51. The van der Waals surface area contributed by atoms with Crippen molar-refractivity contribution < 1.29 is 23.7 Å². The van der Waals surface area contributed by atoms with E-state index in [9.17, 15) is 0 Å². The second-order valence-corrected chi connectivity index (χ2v) is 14.0. The molecule has 0 N–H and O–H groups in total. The van der Waals surface area contributed by atoms with Gasteiger partial charge in [-0.15, -0.1) is 6.58 Å². The molecular weight excluding hydrogens is 476 g/mol. The van der Waals surface area contributed by atoms with Crippen LogP contribution in [0.4, 0.5) is 0 Å². The van der Waals surface area contributed by atoms with E-state index in [1.807, 2.05) is 6.08 Å². The molecule has 0 aliphatic heterocycles. The Morgan fingerprint density at radius 2 is 1.18 bits per heavy atom. The summed E-state index contributed by atoms with van der Waals surface area (Å²) in [4.78, 5) is 0. The second kappa shape index (κ2) is 13.0. The third kappa shape index (κ3) is 7.43. The molecule has 0 amide bonds. The summed E-state index contributed by atoms with van der Waals surface area (Å²) in [5.74, 6) is 0. The smallest absolute Gasteiger partial charge is 0.0807 e. The first-order valence-corrected chi connectivity index (χ1v) is 15.0. The van der Waals surface area contributed by atoms with Crippen LogP contribution in [0.3, 0.4) is 0 Å². The number of hydrogen-bond donors (Lipinski definition) is 0. The molecule has 0 heterocycles. The van der Waals surface area contributed by atoms with Gasteiger partial charge in [0.05, 0.1) is 47.3 Å². The van der Waals surface area contributed by atoms with Crippen LogP contribution in [-0.4, -0.2) is 61.5 Å². The van der Waals surface area contributed by atoms with Gasteiger partial charge in [-0.25, -0.2) is 0 Å². The molecule has 0 spiro atoms. The van der Waals surface area contributed by atoms with Gasteiger partial charge in [-0.2, -0.15) is 0 Å². The van der Waals surface area contributed by atoms with Crippen LogP contribution in [0.2, 0.25) is 0 Å². The zero-order chi connectivity index (χ0) is 29.7. The molecule has 4 unspecified atom stereocenters. The molecule has 0 saturated heterocycles. The standard InChI is InChI=1S/C33H64O5/c1-16-27(5,6)38-26-24-32(18-3,29(9,10)36-22-20-28(7,8)34-14)33(19-4,25-26)30(11,12)37-23-21-31(13,17-2)35-15/h16,26H,1,17-25H2,2-15H3. The molecule has 226 valence electrons. The summed E-state index contributed by atoms with van der Waals surface area (Å²) >= 11 is 0. The van der Waals surface area contributed by atoms with Crippen molar-refractivity contribution in [1.29, 1.82) is 0 Å². The largest absolute Gasteiger partial charge is 0.379 e. The molecule has 0 bridgehead atoms. The average Bonchev–Trinajstić information content (AvgIpc) is 3.19. The summed E-state index contributed by atoms with van der Waals surface area (Å²) in [7, 11) is 3.57. The summed E-state index contributed by atoms with van der Waals surface area (Å²) in [6.07, 6.45) is 8.46. The number of rotatable bonds is 18. The normalized spacial score (nSPS) is 26.9. The summed E-state index contributed by atoms with van der Waals surface area (Å²) in [6.45, 7) is 31.9. The first-order chi connectivity index (χ1) is 17.3. The van der Waals surface area contributed by atoms with E-state index in [1.165, 1.54) is 0 Å². The molecule has 1 aliphatic carbocycles. The molecule has 4 atom stereocenters. The van der Waals surface area contributed by atoms with E-state index in [2.05, 4.69) is 89.7 Å². The topological polar surface area (TPSA) is 46.2 Å². The molecule has 1 rings (SSSR count). The molecule has 1 aliphatic rings. The lowest BCUT2D eigenvalue weighted by atomic mass is 9.50. The van der Waals surface area contributed by atoms with Crippen molar-refractivity contribution >= 4 is 0 Å². The second-order valence-electron chi connectivity index (χ2n) is 14.0. The predicted octanol–water partition coefficient (Wildman–Crippen LogP) is 8.53. The minimum Gasteiger partial charge on any atom is -0.379 e. The molecular formula is C33H64O5. The Morgan fingerprint density at radius 3 is 1.53 bits per heavy atom. The van der Waals surface area contributed by atoms with Gasteiger partial charge in [-0.3, -0.25) is 0 Å². The molecule has 0 aromatic carbocycles. The predicted molar refractivity (Wildman–Crippen MR) is 160 cm³/mol. The van der Waals surface area contributed by atoms with Gasteiger partial charge in [0.15, 0.2) is 0 Å². The summed E-state index contributed by atoms with van der Waals surface area (Å²) in [5, 5.41) is 0. The van der Waals surface area contributed by atoms with Crippen LogP contribution in [0.25, 0.3) is 0 Å². The van der Waals surface area contributed by atoms with Gasteiger partial charge in [0.2, 0.25) is 0 Å². The molecule has 0 radical (unpaired) electrons. The highest BCUT2D eigenvalue weighted by Crippen LogP contribution is 2.68. The van der Waals surface area contributed by atoms with Gasteiger partial charge in [-0.05, 0) is 107 Å². The van der Waals surface area contributed by atoms with Gasteiger partial charge in [0.25, 0.3) is 0 Å². The van der Waals surface area contributed by atoms with Crippen molar-refractivity contribution in [3.63, 3.8) is 0 Å². The van der Waals surface area contributed by atoms with Crippen LogP contribution < -0.4 is 0 Å². The van der Waals surface area contributed by atoms with E-state index in [0.717, 1.165) is 44.9 Å². The van der Waals surface area contributed by atoms with Crippen LogP contribution in [0, 0.1) is 10.8 Å². The van der Waals surface area contributed by atoms with Crippen molar-refractivity contribution in [2.45, 2.75) is 162 Å². The van der Waals surface area contributed by atoms with Crippen molar-refractivity contribution in [2.75, 3.05) is 27.4 Å². The zero-order valence-electron chi connectivity index (χ0n) is 27.8.